The van der Waals surface area contributed by atoms with Gasteiger partial charge < -0.3 is 0 Å². The first-order valence-electron chi connectivity index (χ1n) is 7.21. The van der Waals surface area contributed by atoms with Gasteiger partial charge in [-0.2, -0.15) is 0 Å². The Balaban J connectivity index is 2.27. The number of aliphatic hydroxyl groups is 1. The van der Waals surface area contributed by atoms with Crippen LogP contribution < -0.4 is 9.20 Å². The Morgan fingerprint density at radius 2 is 2.10 bits per heavy atom. The third kappa shape index (κ3) is 3.73. The van der Waals surface area contributed by atoms with Gasteiger partial charge in [0, 0.05) is 0 Å². The van der Waals surface area contributed by atoms with Crippen molar-refractivity contribution in [1.82, 2.24) is 0 Å². The first-order valence-corrected chi connectivity index (χ1v) is 10.3. The summed E-state index contributed by atoms with van der Waals surface area (Å²) in [6, 6.07) is 6.36. The van der Waals surface area contributed by atoms with Crippen LogP contribution in [0.25, 0.3) is 0 Å². The monoisotopic (exact) mass is 360 g/mol. The van der Waals surface area contributed by atoms with Gasteiger partial charge in [0.25, 0.3) is 0 Å². The van der Waals surface area contributed by atoms with Crippen LogP contribution in [0.1, 0.15) is 43.4 Å². The molecule has 1 aromatic carbocycles. The molecule has 1 aliphatic rings. The molecule has 0 aliphatic heterocycles. The van der Waals surface area contributed by atoms with E-state index in [1.807, 2.05) is 11.8 Å². The number of methoxy groups -OCH3 is 1. The van der Waals surface area contributed by atoms with Crippen LogP contribution in [0.5, 0.6) is 5.75 Å². The van der Waals surface area contributed by atoms with Crippen LogP contribution in [-0.4, -0.2) is 39.5 Å². The number of ether oxygens (including phenoxy) is 1. The Bertz CT molecular complexity index is 438. The van der Waals surface area contributed by atoms with Gasteiger partial charge in [0.05, 0.1) is 0 Å². The second-order valence-corrected chi connectivity index (χ2v) is 9.06. The molecule has 0 spiro atoms. The first kappa shape index (κ1) is 16.2. The number of hydrogen-bond acceptors (Lipinski definition) is 3. The predicted molar refractivity (Wildman–Crippen MR) is 88.5 cm³/mol. The van der Waals surface area contributed by atoms with E-state index < -0.39 is 0 Å². The van der Waals surface area contributed by atoms with Gasteiger partial charge in [-0.25, -0.2) is 0 Å². The summed E-state index contributed by atoms with van der Waals surface area (Å²) in [6.45, 7) is 2.25. The SMILES string of the molecule is COc1cccc([C@H](C)SC)c1[Se]C1CCCCC1O. The molecule has 4 heteroatoms. The van der Waals surface area contributed by atoms with Gasteiger partial charge in [0.1, 0.15) is 0 Å². The van der Waals surface area contributed by atoms with E-state index in [0.717, 1.165) is 18.6 Å². The van der Waals surface area contributed by atoms with E-state index in [-0.39, 0.29) is 21.1 Å². The molecule has 20 heavy (non-hydrogen) atoms. The van der Waals surface area contributed by atoms with Crippen molar-refractivity contribution in [2.24, 2.45) is 0 Å². The molecule has 0 radical (unpaired) electrons. The molecule has 1 N–H and O–H groups in total. The number of hydrogen-bond donors (Lipinski definition) is 1. The molecule has 1 saturated carbocycles. The second kappa shape index (κ2) is 7.74. The number of thioether (sulfide) groups is 1. The Morgan fingerprint density at radius 3 is 2.75 bits per heavy atom. The number of benzene rings is 1. The molecule has 2 rings (SSSR count). The van der Waals surface area contributed by atoms with Crippen LogP contribution in [0.4, 0.5) is 0 Å². The van der Waals surface area contributed by atoms with Crippen LogP contribution in [0.15, 0.2) is 18.2 Å². The van der Waals surface area contributed by atoms with Crippen molar-refractivity contribution in [1.29, 1.82) is 0 Å². The summed E-state index contributed by atoms with van der Waals surface area (Å²) in [7, 11) is 1.75. The zero-order chi connectivity index (χ0) is 14.5. The molecule has 2 nitrogen and oxygen atoms in total. The standard InChI is InChI=1S/C16H24O2SSe/c1-11(19-3)12-7-6-9-14(18-2)16(12)20-15-10-5-4-8-13(15)17/h6-7,9,11,13,15,17H,4-5,8,10H2,1-3H3/t11-,13?,15?/m0/s1. The molecule has 1 aromatic rings. The molecule has 0 amide bonds. The van der Waals surface area contributed by atoms with Crippen molar-refractivity contribution < 1.29 is 9.84 Å². The molecule has 1 aliphatic carbocycles. The van der Waals surface area contributed by atoms with Gasteiger partial charge in [-0.1, -0.05) is 0 Å². The zero-order valence-electron chi connectivity index (χ0n) is 12.5. The maximum atomic E-state index is 10.3. The van der Waals surface area contributed by atoms with Crippen LogP contribution in [-0.2, 0) is 0 Å². The van der Waals surface area contributed by atoms with Crippen molar-refractivity contribution in [2.75, 3.05) is 13.4 Å². The quantitative estimate of drug-likeness (QED) is 0.819. The van der Waals surface area contributed by atoms with Gasteiger partial charge in [-0.15, -0.1) is 0 Å². The van der Waals surface area contributed by atoms with Crippen LogP contribution in [0.3, 0.4) is 0 Å². The van der Waals surface area contributed by atoms with Gasteiger partial charge >= 0.3 is 133 Å². The molecule has 0 bridgehead atoms. The predicted octanol–water partition coefficient (Wildman–Crippen LogP) is 3.17. The summed E-state index contributed by atoms with van der Waals surface area (Å²) in [6.07, 6.45) is 6.59. The molecule has 0 heterocycles. The first-order chi connectivity index (χ1) is 9.67. The summed E-state index contributed by atoms with van der Waals surface area (Å²) in [5.41, 5.74) is 1.38. The van der Waals surface area contributed by atoms with E-state index in [4.69, 9.17) is 4.74 Å². The van der Waals surface area contributed by atoms with E-state index in [1.165, 1.54) is 22.9 Å². The van der Waals surface area contributed by atoms with E-state index >= 15 is 0 Å². The van der Waals surface area contributed by atoms with Gasteiger partial charge in [0.15, 0.2) is 0 Å². The Morgan fingerprint density at radius 1 is 1.35 bits per heavy atom. The average molecular weight is 359 g/mol. The molecular formula is C16H24O2SSe. The van der Waals surface area contributed by atoms with Gasteiger partial charge in [-0.05, 0) is 0 Å². The molecule has 2 unspecified atom stereocenters. The fraction of sp³-hybridized carbons (Fsp3) is 0.625. The van der Waals surface area contributed by atoms with Crippen molar-refractivity contribution >= 4 is 31.2 Å². The maximum absolute atomic E-state index is 10.3. The Hall–Kier alpha value is -0.151. The van der Waals surface area contributed by atoms with E-state index in [0.29, 0.717) is 10.1 Å². The van der Waals surface area contributed by atoms with E-state index in [2.05, 4.69) is 31.4 Å². The molecule has 1 fully saturated rings. The molecule has 112 valence electrons. The number of aliphatic hydroxyl groups excluding tert-OH is 1. The molecule has 0 aromatic heterocycles. The van der Waals surface area contributed by atoms with E-state index in [9.17, 15) is 5.11 Å². The summed E-state index contributed by atoms with van der Waals surface area (Å²) in [5, 5.41) is 10.7. The Labute approximate surface area is 132 Å². The Kier molecular flexibility index (Phi) is 6.28. The minimum absolute atomic E-state index is 0.119. The fourth-order valence-electron chi connectivity index (χ4n) is 2.63. The summed E-state index contributed by atoms with van der Waals surface area (Å²) in [5.74, 6) is 1.00. The van der Waals surface area contributed by atoms with E-state index in [1.54, 1.807) is 7.11 Å². The summed E-state index contributed by atoms with van der Waals surface area (Å²) in [4.78, 5) is 0.445. The van der Waals surface area contributed by atoms with Gasteiger partial charge in [-0.3, -0.25) is 0 Å². The van der Waals surface area contributed by atoms with Crippen molar-refractivity contribution in [2.45, 2.75) is 48.8 Å². The molecule has 3 atom stereocenters. The molecule has 0 saturated heterocycles. The zero-order valence-corrected chi connectivity index (χ0v) is 15.0. The third-order valence-corrected chi connectivity index (χ3v) is 8.12. The topological polar surface area (TPSA) is 29.5 Å². The normalized spacial score (nSPS) is 24.4. The minimum atomic E-state index is -0.119. The van der Waals surface area contributed by atoms with Gasteiger partial charge in [0.2, 0.25) is 0 Å². The van der Waals surface area contributed by atoms with Crippen molar-refractivity contribution in [3.8, 4) is 5.75 Å². The van der Waals surface area contributed by atoms with Crippen LogP contribution >= 0.6 is 11.8 Å². The number of rotatable bonds is 5. The summed E-state index contributed by atoms with van der Waals surface area (Å²) >= 11 is 2.15. The van der Waals surface area contributed by atoms with Crippen LogP contribution in [0.2, 0.25) is 4.82 Å². The molecular weight excluding hydrogens is 335 g/mol. The second-order valence-electron chi connectivity index (χ2n) is 5.26. The van der Waals surface area contributed by atoms with Crippen molar-refractivity contribution in [3.63, 3.8) is 0 Å². The third-order valence-electron chi connectivity index (χ3n) is 3.96. The van der Waals surface area contributed by atoms with Crippen molar-refractivity contribution in [3.05, 3.63) is 23.8 Å². The summed E-state index contributed by atoms with van der Waals surface area (Å²) < 4.78 is 6.94. The average Bonchev–Trinajstić information content (AvgIpc) is 2.49. The fourth-order valence-corrected chi connectivity index (χ4v) is 6.46. The van der Waals surface area contributed by atoms with Crippen LogP contribution in [0, 0.1) is 0 Å².